The first kappa shape index (κ1) is 11.4. The first-order valence-electron chi connectivity index (χ1n) is 5.93. The van der Waals surface area contributed by atoms with Crippen molar-refractivity contribution in [2.45, 2.75) is 38.3 Å². The van der Waals surface area contributed by atoms with Crippen LogP contribution in [0, 0.1) is 5.82 Å². The fourth-order valence-corrected chi connectivity index (χ4v) is 1.59. The Bertz CT molecular complexity index is 338. The number of halogens is 1. The third-order valence-electron chi connectivity index (χ3n) is 2.77. The van der Waals surface area contributed by atoms with Crippen LogP contribution in [-0.2, 0) is 0 Å². The van der Waals surface area contributed by atoms with Gasteiger partial charge >= 0.3 is 0 Å². The molecule has 1 aromatic carbocycles. The highest BCUT2D eigenvalue weighted by Crippen LogP contribution is 2.19. The molecule has 1 aliphatic rings. The van der Waals surface area contributed by atoms with Crippen molar-refractivity contribution in [3.63, 3.8) is 0 Å². The number of hydrogen-bond acceptors (Lipinski definition) is 2. The van der Waals surface area contributed by atoms with E-state index in [0.29, 0.717) is 11.8 Å². The quantitative estimate of drug-likeness (QED) is 0.800. The Kier molecular flexibility index (Phi) is 3.78. The molecule has 1 N–H and O–H groups in total. The van der Waals surface area contributed by atoms with Gasteiger partial charge < -0.3 is 10.1 Å². The van der Waals surface area contributed by atoms with E-state index in [-0.39, 0.29) is 11.9 Å². The van der Waals surface area contributed by atoms with Gasteiger partial charge in [-0.25, -0.2) is 4.39 Å². The number of rotatable bonds is 6. The van der Waals surface area contributed by atoms with E-state index in [9.17, 15) is 4.39 Å². The van der Waals surface area contributed by atoms with Gasteiger partial charge in [0.25, 0.3) is 0 Å². The van der Waals surface area contributed by atoms with E-state index in [1.165, 1.54) is 25.0 Å². The summed E-state index contributed by atoms with van der Waals surface area (Å²) in [6.45, 7) is 2.93. The van der Waals surface area contributed by atoms with E-state index in [1.807, 2.05) is 0 Å². The molecule has 1 unspecified atom stereocenters. The van der Waals surface area contributed by atoms with Crippen LogP contribution >= 0.6 is 0 Å². The molecule has 16 heavy (non-hydrogen) atoms. The topological polar surface area (TPSA) is 21.3 Å². The largest absolute Gasteiger partial charge is 0.489 e. The molecule has 1 fully saturated rings. The van der Waals surface area contributed by atoms with E-state index in [1.54, 1.807) is 12.1 Å². The summed E-state index contributed by atoms with van der Waals surface area (Å²) in [5, 5.41) is 3.42. The molecule has 3 heteroatoms. The van der Waals surface area contributed by atoms with E-state index in [0.717, 1.165) is 13.0 Å². The Morgan fingerprint density at radius 3 is 2.94 bits per heavy atom. The molecule has 2 rings (SSSR count). The van der Waals surface area contributed by atoms with Crippen molar-refractivity contribution in [3.8, 4) is 5.75 Å². The molecule has 0 bridgehead atoms. The van der Waals surface area contributed by atoms with Gasteiger partial charge in [0.1, 0.15) is 17.7 Å². The molecule has 88 valence electrons. The van der Waals surface area contributed by atoms with E-state index < -0.39 is 0 Å². The second-order valence-electron chi connectivity index (χ2n) is 4.29. The zero-order valence-electron chi connectivity index (χ0n) is 9.58. The van der Waals surface area contributed by atoms with Crippen LogP contribution < -0.4 is 10.1 Å². The maximum absolute atomic E-state index is 12.9. The van der Waals surface area contributed by atoms with E-state index in [4.69, 9.17) is 4.74 Å². The molecular formula is C13H18FNO. The average molecular weight is 223 g/mol. The average Bonchev–Trinajstić information content (AvgIpc) is 3.08. The Morgan fingerprint density at radius 1 is 1.50 bits per heavy atom. The normalized spacial score (nSPS) is 17.1. The van der Waals surface area contributed by atoms with Crippen LogP contribution in [0.4, 0.5) is 4.39 Å². The Balaban J connectivity index is 1.84. The molecule has 0 aromatic heterocycles. The summed E-state index contributed by atoms with van der Waals surface area (Å²) in [5.41, 5.74) is 0. The predicted molar refractivity (Wildman–Crippen MR) is 62.1 cm³/mol. The molecule has 0 aliphatic heterocycles. The highest BCUT2D eigenvalue weighted by Gasteiger charge is 2.21. The van der Waals surface area contributed by atoms with Crippen molar-refractivity contribution in [2.75, 3.05) is 6.54 Å². The highest BCUT2D eigenvalue weighted by molar-refractivity contribution is 5.22. The lowest BCUT2D eigenvalue weighted by molar-refractivity contribution is 0.192. The van der Waals surface area contributed by atoms with Crippen LogP contribution in [0.5, 0.6) is 5.75 Å². The van der Waals surface area contributed by atoms with Crippen molar-refractivity contribution in [3.05, 3.63) is 30.1 Å². The van der Waals surface area contributed by atoms with Crippen LogP contribution in [0.25, 0.3) is 0 Å². The fraction of sp³-hybridized carbons (Fsp3) is 0.538. The molecule has 1 aromatic rings. The van der Waals surface area contributed by atoms with Crippen molar-refractivity contribution in [1.82, 2.24) is 5.32 Å². The summed E-state index contributed by atoms with van der Waals surface area (Å²) in [6, 6.07) is 7.01. The lowest BCUT2D eigenvalue weighted by atomic mass is 10.2. The van der Waals surface area contributed by atoms with Crippen molar-refractivity contribution in [2.24, 2.45) is 0 Å². The zero-order valence-corrected chi connectivity index (χ0v) is 9.58. The van der Waals surface area contributed by atoms with Gasteiger partial charge in [-0.1, -0.05) is 13.0 Å². The minimum absolute atomic E-state index is 0.127. The molecular weight excluding hydrogens is 205 g/mol. The van der Waals surface area contributed by atoms with Gasteiger partial charge in [0.2, 0.25) is 0 Å². The molecule has 2 nitrogen and oxygen atoms in total. The van der Waals surface area contributed by atoms with Crippen LogP contribution in [0.3, 0.4) is 0 Å². The molecule has 1 saturated carbocycles. The van der Waals surface area contributed by atoms with Gasteiger partial charge in [-0.05, 0) is 31.4 Å². The second kappa shape index (κ2) is 5.30. The molecule has 0 radical (unpaired) electrons. The van der Waals surface area contributed by atoms with Gasteiger partial charge in [-0.15, -0.1) is 0 Å². The monoisotopic (exact) mass is 223 g/mol. The third kappa shape index (κ3) is 3.49. The number of benzene rings is 1. The van der Waals surface area contributed by atoms with Crippen LogP contribution in [0.15, 0.2) is 24.3 Å². The summed E-state index contributed by atoms with van der Waals surface area (Å²) < 4.78 is 18.7. The summed E-state index contributed by atoms with van der Waals surface area (Å²) in [7, 11) is 0. The first-order chi connectivity index (χ1) is 7.78. The highest BCUT2D eigenvalue weighted by atomic mass is 19.1. The minimum Gasteiger partial charge on any atom is -0.489 e. The summed E-state index contributed by atoms with van der Waals surface area (Å²) in [6.07, 6.45) is 3.60. The lowest BCUT2D eigenvalue weighted by Crippen LogP contribution is -2.32. The summed E-state index contributed by atoms with van der Waals surface area (Å²) in [4.78, 5) is 0. The van der Waals surface area contributed by atoms with Crippen molar-refractivity contribution in [1.29, 1.82) is 0 Å². The third-order valence-corrected chi connectivity index (χ3v) is 2.77. The van der Waals surface area contributed by atoms with Gasteiger partial charge in [0.05, 0.1) is 0 Å². The Morgan fingerprint density at radius 2 is 2.31 bits per heavy atom. The molecule has 0 heterocycles. The molecule has 0 saturated heterocycles. The summed E-state index contributed by atoms with van der Waals surface area (Å²) >= 11 is 0. The standard InChI is InChI=1S/C13H18FNO/c1-2-12(9-15-11-6-7-11)16-13-5-3-4-10(14)8-13/h3-5,8,11-12,15H,2,6-7,9H2,1H3. The number of ether oxygens (including phenoxy) is 1. The van der Waals surface area contributed by atoms with Gasteiger partial charge in [0.15, 0.2) is 0 Å². The zero-order chi connectivity index (χ0) is 11.4. The maximum Gasteiger partial charge on any atom is 0.126 e. The second-order valence-corrected chi connectivity index (χ2v) is 4.29. The number of hydrogen-bond donors (Lipinski definition) is 1. The Labute approximate surface area is 95.8 Å². The van der Waals surface area contributed by atoms with Gasteiger partial charge in [0, 0.05) is 18.7 Å². The van der Waals surface area contributed by atoms with Crippen molar-refractivity contribution >= 4 is 0 Å². The molecule has 1 atom stereocenters. The minimum atomic E-state index is -0.248. The molecule has 0 amide bonds. The van der Waals surface area contributed by atoms with E-state index >= 15 is 0 Å². The van der Waals surface area contributed by atoms with E-state index in [2.05, 4.69) is 12.2 Å². The maximum atomic E-state index is 12.9. The SMILES string of the molecule is CCC(CNC1CC1)Oc1cccc(F)c1. The fourth-order valence-electron chi connectivity index (χ4n) is 1.59. The smallest absolute Gasteiger partial charge is 0.126 e. The van der Waals surface area contributed by atoms with Gasteiger partial charge in [-0.3, -0.25) is 0 Å². The Hall–Kier alpha value is -1.09. The van der Waals surface area contributed by atoms with Crippen molar-refractivity contribution < 1.29 is 9.13 Å². The van der Waals surface area contributed by atoms with Crippen LogP contribution in [-0.4, -0.2) is 18.7 Å². The number of nitrogens with one attached hydrogen (secondary N) is 1. The lowest BCUT2D eigenvalue weighted by Gasteiger charge is -2.18. The van der Waals surface area contributed by atoms with Crippen LogP contribution in [0.2, 0.25) is 0 Å². The predicted octanol–water partition coefficient (Wildman–Crippen LogP) is 2.74. The van der Waals surface area contributed by atoms with Crippen LogP contribution in [0.1, 0.15) is 26.2 Å². The van der Waals surface area contributed by atoms with Gasteiger partial charge in [-0.2, -0.15) is 0 Å². The summed E-state index contributed by atoms with van der Waals surface area (Å²) in [5.74, 6) is 0.368. The molecule has 1 aliphatic carbocycles. The molecule has 0 spiro atoms. The first-order valence-corrected chi connectivity index (χ1v) is 5.93.